The highest BCUT2D eigenvalue weighted by Gasteiger charge is 2.45. The first kappa shape index (κ1) is 14.8. The van der Waals surface area contributed by atoms with Crippen LogP contribution in [0.1, 0.15) is 20.3 Å². The monoisotopic (exact) mass is 268 g/mol. The fraction of sp³-hybridized carbons (Fsp3) is 0.929. The van der Waals surface area contributed by atoms with Gasteiger partial charge in [0.1, 0.15) is 0 Å². The van der Waals surface area contributed by atoms with Crippen molar-refractivity contribution in [2.75, 3.05) is 40.8 Å². The van der Waals surface area contributed by atoms with E-state index in [-0.39, 0.29) is 6.04 Å². The van der Waals surface area contributed by atoms with Gasteiger partial charge in [0.25, 0.3) is 0 Å². The molecule has 1 amide bonds. The quantitative estimate of drug-likeness (QED) is 0.771. The van der Waals surface area contributed by atoms with E-state index < -0.39 is 0 Å². The van der Waals surface area contributed by atoms with Crippen molar-refractivity contribution in [3.05, 3.63) is 0 Å². The number of hydrogen-bond acceptors (Lipinski definition) is 4. The summed E-state index contributed by atoms with van der Waals surface area (Å²) in [5, 5.41) is 3.35. The fourth-order valence-corrected chi connectivity index (χ4v) is 3.54. The molecule has 0 radical (unpaired) electrons. The average molecular weight is 268 g/mol. The maximum atomic E-state index is 12.6. The molecule has 4 unspecified atom stereocenters. The predicted molar refractivity (Wildman–Crippen MR) is 77.1 cm³/mol. The van der Waals surface area contributed by atoms with E-state index in [2.05, 4.69) is 41.0 Å². The molecule has 0 aromatic heterocycles. The van der Waals surface area contributed by atoms with E-state index in [1.165, 1.54) is 0 Å². The number of carbonyl (C=O) groups excluding carboxylic acids is 1. The summed E-state index contributed by atoms with van der Waals surface area (Å²) in [5.41, 5.74) is 0. The van der Waals surface area contributed by atoms with Gasteiger partial charge in [-0.05, 0) is 41.0 Å². The lowest BCUT2D eigenvalue weighted by molar-refractivity contribution is -0.151. The Balaban J connectivity index is 2.23. The molecular formula is C14H28N4O. The van der Waals surface area contributed by atoms with Crippen LogP contribution in [0.3, 0.4) is 0 Å². The van der Waals surface area contributed by atoms with Gasteiger partial charge in [-0.3, -0.25) is 9.69 Å². The van der Waals surface area contributed by atoms with Crippen molar-refractivity contribution in [2.24, 2.45) is 0 Å². The number of amides is 1. The van der Waals surface area contributed by atoms with Gasteiger partial charge in [0.05, 0.1) is 12.1 Å². The normalized spacial score (nSPS) is 36.7. The number of piperidine rings is 1. The van der Waals surface area contributed by atoms with E-state index in [9.17, 15) is 4.79 Å². The maximum Gasteiger partial charge on any atom is 0.240 e. The Morgan fingerprint density at radius 3 is 2.58 bits per heavy atom. The lowest BCUT2D eigenvalue weighted by atomic mass is 9.88. The Bertz CT molecular complexity index is 333. The molecule has 2 aliphatic heterocycles. The first-order valence-electron chi connectivity index (χ1n) is 7.37. The second-order valence-corrected chi connectivity index (χ2v) is 6.07. The van der Waals surface area contributed by atoms with Gasteiger partial charge in [-0.1, -0.05) is 6.92 Å². The van der Waals surface area contributed by atoms with E-state index in [0.29, 0.717) is 24.0 Å². The second kappa shape index (κ2) is 5.77. The first-order chi connectivity index (χ1) is 8.99. The smallest absolute Gasteiger partial charge is 0.240 e. The van der Waals surface area contributed by atoms with E-state index in [4.69, 9.17) is 0 Å². The summed E-state index contributed by atoms with van der Waals surface area (Å²) in [5.74, 6) is 0.296. The fourth-order valence-electron chi connectivity index (χ4n) is 3.54. The van der Waals surface area contributed by atoms with Crippen molar-refractivity contribution in [3.8, 4) is 0 Å². The Morgan fingerprint density at radius 1 is 1.37 bits per heavy atom. The lowest BCUT2D eigenvalue weighted by Crippen LogP contribution is -2.70. The topological polar surface area (TPSA) is 38.8 Å². The molecule has 0 bridgehead atoms. The van der Waals surface area contributed by atoms with Gasteiger partial charge in [-0.15, -0.1) is 0 Å². The Hall–Kier alpha value is -0.650. The Morgan fingerprint density at radius 2 is 2.05 bits per heavy atom. The molecule has 2 rings (SSSR count). The molecule has 2 fully saturated rings. The zero-order valence-electron chi connectivity index (χ0n) is 12.9. The lowest BCUT2D eigenvalue weighted by Gasteiger charge is -2.53. The minimum atomic E-state index is 0.0275. The van der Waals surface area contributed by atoms with Crippen molar-refractivity contribution in [1.82, 2.24) is 20.0 Å². The first-order valence-corrected chi connectivity index (χ1v) is 7.37. The summed E-state index contributed by atoms with van der Waals surface area (Å²) >= 11 is 0. The highest BCUT2D eigenvalue weighted by Crippen LogP contribution is 2.27. The number of rotatable bonds is 3. The average Bonchev–Trinajstić information content (AvgIpc) is 2.41. The van der Waals surface area contributed by atoms with Crippen LogP contribution < -0.4 is 5.32 Å². The summed E-state index contributed by atoms with van der Waals surface area (Å²) < 4.78 is 0. The summed E-state index contributed by atoms with van der Waals surface area (Å²) in [7, 11) is 6.24. The SMILES string of the molecule is CCN1CC2C(N(C)C)CC(NC)CN2C(=O)C1C. The number of hydrogen-bond donors (Lipinski definition) is 1. The van der Waals surface area contributed by atoms with Crippen molar-refractivity contribution < 1.29 is 4.79 Å². The molecule has 2 saturated heterocycles. The van der Waals surface area contributed by atoms with Crippen molar-refractivity contribution in [2.45, 2.75) is 44.4 Å². The molecule has 19 heavy (non-hydrogen) atoms. The number of fused-ring (bicyclic) bond motifs is 1. The molecule has 5 nitrogen and oxygen atoms in total. The molecular weight excluding hydrogens is 240 g/mol. The van der Waals surface area contributed by atoms with Crippen LogP contribution in [-0.2, 0) is 4.79 Å². The third-order valence-corrected chi connectivity index (χ3v) is 4.88. The minimum absolute atomic E-state index is 0.0275. The van der Waals surface area contributed by atoms with Crippen molar-refractivity contribution in [1.29, 1.82) is 0 Å². The van der Waals surface area contributed by atoms with Gasteiger partial charge in [0.15, 0.2) is 0 Å². The van der Waals surface area contributed by atoms with Crippen LogP contribution in [0.4, 0.5) is 0 Å². The molecule has 110 valence electrons. The number of likely N-dealkylation sites (N-methyl/N-ethyl adjacent to an activating group) is 3. The van der Waals surface area contributed by atoms with Gasteiger partial charge in [0.2, 0.25) is 5.91 Å². The molecule has 0 aromatic carbocycles. The van der Waals surface area contributed by atoms with Crippen LogP contribution in [0.2, 0.25) is 0 Å². The zero-order chi connectivity index (χ0) is 14.2. The summed E-state index contributed by atoms with van der Waals surface area (Å²) in [6, 6.07) is 1.22. The van der Waals surface area contributed by atoms with Crippen LogP contribution in [0.25, 0.3) is 0 Å². The van der Waals surface area contributed by atoms with E-state index >= 15 is 0 Å². The van der Waals surface area contributed by atoms with Crippen molar-refractivity contribution in [3.63, 3.8) is 0 Å². The maximum absolute atomic E-state index is 12.6. The zero-order valence-corrected chi connectivity index (χ0v) is 12.9. The van der Waals surface area contributed by atoms with Crippen LogP contribution in [0.15, 0.2) is 0 Å². The van der Waals surface area contributed by atoms with E-state index in [1.807, 2.05) is 14.0 Å². The molecule has 2 aliphatic rings. The number of nitrogens with zero attached hydrogens (tertiary/aromatic N) is 3. The molecule has 0 aliphatic carbocycles. The van der Waals surface area contributed by atoms with Gasteiger partial charge in [0, 0.05) is 25.2 Å². The molecule has 0 saturated carbocycles. The molecule has 2 heterocycles. The Labute approximate surface area is 116 Å². The third-order valence-electron chi connectivity index (χ3n) is 4.88. The Kier molecular flexibility index (Phi) is 4.48. The van der Waals surface area contributed by atoms with E-state index in [0.717, 1.165) is 26.1 Å². The highest BCUT2D eigenvalue weighted by molar-refractivity contribution is 5.83. The van der Waals surface area contributed by atoms with Crippen LogP contribution in [-0.4, -0.2) is 85.6 Å². The van der Waals surface area contributed by atoms with Crippen LogP contribution in [0, 0.1) is 0 Å². The molecule has 5 heteroatoms. The van der Waals surface area contributed by atoms with E-state index in [1.54, 1.807) is 0 Å². The number of nitrogens with one attached hydrogen (secondary N) is 1. The molecule has 0 aromatic rings. The third kappa shape index (κ3) is 2.64. The highest BCUT2D eigenvalue weighted by atomic mass is 16.2. The van der Waals surface area contributed by atoms with Crippen molar-refractivity contribution >= 4 is 5.91 Å². The second-order valence-electron chi connectivity index (χ2n) is 6.07. The summed E-state index contributed by atoms with van der Waals surface area (Å²) in [4.78, 5) is 19.3. The largest absolute Gasteiger partial charge is 0.334 e. The summed E-state index contributed by atoms with van der Waals surface area (Å²) in [6.45, 7) is 6.99. The summed E-state index contributed by atoms with van der Waals surface area (Å²) in [6.07, 6.45) is 1.11. The molecule has 0 spiro atoms. The van der Waals surface area contributed by atoms with Gasteiger partial charge in [-0.2, -0.15) is 0 Å². The van der Waals surface area contributed by atoms with Gasteiger partial charge >= 0.3 is 0 Å². The number of piperazine rings is 1. The molecule has 4 atom stereocenters. The number of carbonyl (C=O) groups is 1. The minimum Gasteiger partial charge on any atom is -0.334 e. The predicted octanol–water partition coefficient (Wildman–Crippen LogP) is -0.170. The van der Waals surface area contributed by atoms with Gasteiger partial charge in [-0.25, -0.2) is 0 Å². The van der Waals surface area contributed by atoms with Crippen LogP contribution in [0.5, 0.6) is 0 Å². The van der Waals surface area contributed by atoms with Gasteiger partial charge < -0.3 is 15.1 Å². The standard InChI is InChI=1S/C14H28N4O/c1-6-17-9-13-12(16(4)5)7-11(15-3)8-18(13)14(19)10(17)2/h10-13,15H,6-9H2,1-5H3. The van der Waals surface area contributed by atoms with Crippen LogP contribution >= 0.6 is 0 Å². The molecule has 1 N–H and O–H groups in total.